The van der Waals surface area contributed by atoms with Gasteiger partial charge in [-0.15, -0.1) is 0 Å². The van der Waals surface area contributed by atoms with E-state index in [0.717, 1.165) is 25.0 Å². The Bertz CT molecular complexity index is 877. The molecule has 0 unspecified atom stereocenters. The van der Waals surface area contributed by atoms with Crippen LogP contribution in [0.3, 0.4) is 0 Å². The molecule has 1 aliphatic heterocycles. The molecule has 142 valence electrons. The molecule has 4 nitrogen and oxygen atoms in total. The predicted octanol–water partition coefficient (Wildman–Crippen LogP) is 4.85. The molecule has 0 aromatic heterocycles. The number of rotatable bonds is 3. The van der Waals surface area contributed by atoms with Crippen LogP contribution in [0.4, 0.5) is 18.9 Å². The van der Waals surface area contributed by atoms with Gasteiger partial charge in [0.05, 0.1) is 11.3 Å². The molecule has 8 heteroatoms. The number of amides is 2. The van der Waals surface area contributed by atoms with Crippen molar-refractivity contribution in [2.24, 2.45) is 0 Å². The standard InChI is InChI=1S/C19H16ClF3N2O2/c20-14-6-7-16(15(11-14)19(21,22)23)24-17(26)12-4-3-5-13(10-12)18(27)25-8-1-2-9-25/h3-7,10-11H,1-2,8-9H2,(H,24,26). The maximum Gasteiger partial charge on any atom is 0.418 e. The summed E-state index contributed by atoms with van der Waals surface area (Å²) < 4.78 is 39.5. The van der Waals surface area contributed by atoms with Crippen LogP contribution in [0.2, 0.25) is 5.02 Å². The average Bonchev–Trinajstić information content (AvgIpc) is 3.16. The highest BCUT2D eigenvalue weighted by molar-refractivity contribution is 6.30. The highest BCUT2D eigenvalue weighted by Crippen LogP contribution is 2.36. The van der Waals surface area contributed by atoms with E-state index in [4.69, 9.17) is 11.6 Å². The molecule has 2 amide bonds. The Hall–Kier alpha value is -2.54. The highest BCUT2D eigenvalue weighted by atomic mass is 35.5. The fourth-order valence-corrected chi connectivity index (χ4v) is 3.12. The summed E-state index contributed by atoms with van der Waals surface area (Å²) in [6, 6.07) is 9.07. The maximum atomic E-state index is 13.2. The number of halogens is 4. The number of nitrogens with zero attached hydrogens (tertiary/aromatic N) is 1. The Kier molecular flexibility index (Phi) is 5.41. The fourth-order valence-electron chi connectivity index (χ4n) is 2.95. The molecule has 0 aliphatic carbocycles. The molecule has 27 heavy (non-hydrogen) atoms. The number of hydrogen-bond donors (Lipinski definition) is 1. The quantitative estimate of drug-likeness (QED) is 0.806. The summed E-state index contributed by atoms with van der Waals surface area (Å²) in [4.78, 5) is 26.6. The molecule has 0 saturated carbocycles. The molecular formula is C19H16ClF3N2O2. The van der Waals surface area contributed by atoms with Crippen molar-refractivity contribution >= 4 is 29.1 Å². The zero-order chi connectivity index (χ0) is 19.6. The van der Waals surface area contributed by atoms with Gasteiger partial charge in [-0.05, 0) is 49.2 Å². The molecule has 1 N–H and O–H groups in total. The number of anilines is 1. The van der Waals surface area contributed by atoms with E-state index in [-0.39, 0.29) is 16.5 Å². The maximum absolute atomic E-state index is 13.2. The first kappa shape index (κ1) is 19.2. The van der Waals surface area contributed by atoms with E-state index in [1.807, 2.05) is 0 Å². The molecule has 1 fully saturated rings. The van der Waals surface area contributed by atoms with Crippen molar-refractivity contribution in [3.05, 3.63) is 64.2 Å². The summed E-state index contributed by atoms with van der Waals surface area (Å²) in [6.45, 7) is 1.32. The SMILES string of the molecule is O=C(Nc1ccc(Cl)cc1C(F)(F)F)c1cccc(C(=O)N2CCCC2)c1. The minimum absolute atomic E-state index is 0.0847. The lowest BCUT2D eigenvalue weighted by Gasteiger charge is -2.16. The zero-order valence-corrected chi connectivity index (χ0v) is 14.9. The summed E-state index contributed by atoms with van der Waals surface area (Å²) in [6.07, 6.45) is -2.80. The van der Waals surface area contributed by atoms with Crippen LogP contribution in [0.5, 0.6) is 0 Å². The molecule has 0 bridgehead atoms. The van der Waals surface area contributed by atoms with Gasteiger partial charge in [-0.25, -0.2) is 0 Å². The van der Waals surface area contributed by atoms with Gasteiger partial charge in [-0.1, -0.05) is 17.7 Å². The third kappa shape index (κ3) is 4.42. The van der Waals surface area contributed by atoms with Gasteiger partial charge in [-0.3, -0.25) is 9.59 Å². The second-order valence-corrected chi connectivity index (χ2v) is 6.66. The second-order valence-electron chi connectivity index (χ2n) is 6.22. The number of carbonyl (C=O) groups excluding carboxylic acids is 2. The summed E-state index contributed by atoms with van der Waals surface area (Å²) in [5.74, 6) is -0.927. The van der Waals surface area contributed by atoms with Crippen molar-refractivity contribution in [2.75, 3.05) is 18.4 Å². The Morgan fingerprint density at radius 2 is 1.67 bits per heavy atom. The largest absolute Gasteiger partial charge is 0.418 e. The normalized spacial score (nSPS) is 14.3. The van der Waals surface area contributed by atoms with Crippen LogP contribution in [0, 0.1) is 0 Å². The molecule has 0 spiro atoms. The molecule has 2 aromatic carbocycles. The van der Waals surface area contributed by atoms with Gasteiger partial charge in [0.1, 0.15) is 0 Å². The van der Waals surface area contributed by atoms with Crippen LogP contribution < -0.4 is 5.32 Å². The third-order valence-corrected chi connectivity index (χ3v) is 4.54. The van der Waals surface area contributed by atoms with E-state index >= 15 is 0 Å². The summed E-state index contributed by atoms with van der Waals surface area (Å²) in [7, 11) is 0. The first-order chi connectivity index (χ1) is 12.8. The lowest BCUT2D eigenvalue weighted by Crippen LogP contribution is -2.27. The average molecular weight is 397 g/mol. The van der Waals surface area contributed by atoms with Crippen LogP contribution >= 0.6 is 11.6 Å². The summed E-state index contributed by atoms with van der Waals surface area (Å²) >= 11 is 5.64. The smallest absolute Gasteiger partial charge is 0.339 e. The van der Waals surface area contributed by atoms with Crippen molar-refractivity contribution in [3.8, 4) is 0 Å². The highest BCUT2D eigenvalue weighted by Gasteiger charge is 2.34. The van der Waals surface area contributed by atoms with Gasteiger partial charge in [0.25, 0.3) is 11.8 Å². The Morgan fingerprint density at radius 3 is 2.33 bits per heavy atom. The van der Waals surface area contributed by atoms with E-state index in [0.29, 0.717) is 18.7 Å². The van der Waals surface area contributed by atoms with Crippen LogP contribution in [0.15, 0.2) is 42.5 Å². The van der Waals surface area contributed by atoms with Crippen molar-refractivity contribution in [1.82, 2.24) is 4.90 Å². The minimum Gasteiger partial charge on any atom is -0.339 e. The van der Waals surface area contributed by atoms with E-state index in [1.165, 1.54) is 24.3 Å². The molecule has 0 atom stereocenters. The number of carbonyl (C=O) groups is 2. The molecule has 1 heterocycles. The van der Waals surface area contributed by atoms with Crippen molar-refractivity contribution in [2.45, 2.75) is 19.0 Å². The van der Waals surface area contributed by atoms with E-state index in [9.17, 15) is 22.8 Å². The first-order valence-corrected chi connectivity index (χ1v) is 8.71. The van der Waals surface area contributed by atoms with Crippen LogP contribution in [0.1, 0.15) is 39.1 Å². The molecule has 2 aromatic rings. The van der Waals surface area contributed by atoms with Gasteiger partial charge >= 0.3 is 6.18 Å². The zero-order valence-electron chi connectivity index (χ0n) is 14.1. The molecule has 1 saturated heterocycles. The number of benzene rings is 2. The molecule has 1 aliphatic rings. The first-order valence-electron chi connectivity index (χ1n) is 8.33. The Balaban J connectivity index is 1.83. The molecule has 3 rings (SSSR count). The Labute approximate surface area is 158 Å². The van der Waals surface area contributed by atoms with Crippen molar-refractivity contribution in [3.63, 3.8) is 0 Å². The third-order valence-electron chi connectivity index (χ3n) is 4.30. The second kappa shape index (κ2) is 7.60. The summed E-state index contributed by atoms with van der Waals surface area (Å²) in [5.41, 5.74) is -0.999. The molecule has 0 radical (unpaired) electrons. The van der Waals surface area contributed by atoms with Gasteiger partial charge in [0, 0.05) is 29.2 Å². The Morgan fingerprint density at radius 1 is 1.00 bits per heavy atom. The molecular weight excluding hydrogens is 381 g/mol. The van der Waals surface area contributed by atoms with Crippen molar-refractivity contribution in [1.29, 1.82) is 0 Å². The van der Waals surface area contributed by atoms with Gasteiger partial charge in [0.15, 0.2) is 0 Å². The van der Waals surface area contributed by atoms with Gasteiger partial charge < -0.3 is 10.2 Å². The monoisotopic (exact) mass is 396 g/mol. The summed E-state index contributed by atoms with van der Waals surface area (Å²) in [5, 5.41) is 2.17. The number of nitrogens with one attached hydrogen (secondary N) is 1. The van der Waals surface area contributed by atoms with E-state index < -0.39 is 23.3 Å². The lowest BCUT2D eigenvalue weighted by molar-refractivity contribution is -0.136. The predicted molar refractivity (Wildman–Crippen MR) is 96.0 cm³/mol. The number of alkyl halides is 3. The fraction of sp³-hybridized carbons (Fsp3) is 0.263. The minimum atomic E-state index is -4.67. The van der Waals surface area contributed by atoms with Crippen LogP contribution in [0.25, 0.3) is 0 Å². The topological polar surface area (TPSA) is 49.4 Å². The van der Waals surface area contributed by atoms with Gasteiger partial charge in [-0.2, -0.15) is 13.2 Å². The van der Waals surface area contributed by atoms with Crippen molar-refractivity contribution < 1.29 is 22.8 Å². The number of hydrogen-bond acceptors (Lipinski definition) is 2. The van der Waals surface area contributed by atoms with E-state index in [1.54, 1.807) is 11.0 Å². The van der Waals surface area contributed by atoms with Gasteiger partial charge in [0.2, 0.25) is 0 Å². The van der Waals surface area contributed by atoms with Crippen LogP contribution in [-0.2, 0) is 6.18 Å². The number of likely N-dealkylation sites (tertiary alicyclic amines) is 1. The van der Waals surface area contributed by atoms with Crippen LogP contribution in [-0.4, -0.2) is 29.8 Å². The van der Waals surface area contributed by atoms with E-state index in [2.05, 4.69) is 5.32 Å². The lowest BCUT2D eigenvalue weighted by atomic mass is 10.1.